The summed E-state index contributed by atoms with van der Waals surface area (Å²) in [6.07, 6.45) is -0.310. The molecule has 0 aliphatic carbocycles. The highest BCUT2D eigenvalue weighted by molar-refractivity contribution is 6.10. The van der Waals surface area contributed by atoms with E-state index in [9.17, 15) is 24.5 Å². The number of carboxylic acid groups (broad SMARTS) is 1. The van der Waals surface area contributed by atoms with Gasteiger partial charge in [0.25, 0.3) is 11.6 Å². The van der Waals surface area contributed by atoms with Gasteiger partial charge in [-0.25, -0.2) is 0 Å². The Morgan fingerprint density at radius 1 is 1.39 bits per heavy atom. The number of carbonyl (C=O) groups is 3. The first-order valence-electron chi connectivity index (χ1n) is 6.95. The van der Waals surface area contributed by atoms with Crippen LogP contribution in [0.15, 0.2) is 18.2 Å². The molecule has 0 saturated heterocycles. The zero-order chi connectivity index (χ0) is 17.1. The Morgan fingerprint density at radius 2 is 2.09 bits per heavy atom. The molecular weight excluding hydrogens is 306 g/mol. The molecule has 9 nitrogen and oxygen atoms in total. The molecule has 1 aliphatic rings. The lowest BCUT2D eigenvalue weighted by atomic mass is 10.1. The molecule has 0 atom stereocenters. The van der Waals surface area contributed by atoms with Gasteiger partial charge < -0.3 is 14.9 Å². The van der Waals surface area contributed by atoms with Crippen molar-refractivity contribution in [2.75, 3.05) is 24.5 Å². The van der Waals surface area contributed by atoms with Gasteiger partial charge in [-0.05, 0) is 13.0 Å². The van der Waals surface area contributed by atoms with Crippen LogP contribution < -0.4 is 4.90 Å². The summed E-state index contributed by atoms with van der Waals surface area (Å²) in [7, 11) is 0. The van der Waals surface area contributed by atoms with Gasteiger partial charge in [0.05, 0.1) is 22.6 Å². The molecule has 0 radical (unpaired) electrons. The molecule has 0 bridgehead atoms. The van der Waals surface area contributed by atoms with Gasteiger partial charge in [0, 0.05) is 25.2 Å². The van der Waals surface area contributed by atoms with Crippen LogP contribution in [0.25, 0.3) is 0 Å². The molecule has 0 unspecified atom stereocenters. The minimum absolute atomic E-state index is 0.0253. The molecule has 1 aromatic rings. The molecule has 0 spiro atoms. The van der Waals surface area contributed by atoms with Crippen LogP contribution in [0.5, 0.6) is 0 Å². The summed E-state index contributed by atoms with van der Waals surface area (Å²) in [5.41, 5.74) is 0.0592. The molecule has 122 valence electrons. The van der Waals surface area contributed by atoms with Gasteiger partial charge in [-0.3, -0.25) is 24.5 Å². The van der Waals surface area contributed by atoms with Crippen molar-refractivity contribution in [2.24, 2.45) is 0 Å². The van der Waals surface area contributed by atoms with Crippen molar-refractivity contribution in [1.82, 2.24) is 4.90 Å². The Bertz CT molecular complexity index is 687. The van der Waals surface area contributed by atoms with E-state index in [2.05, 4.69) is 0 Å². The number of hydrogen-bond donors (Lipinski definition) is 1. The van der Waals surface area contributed by atoms with Crippen molar-refractivity contribution in [1.29, 1.82) is 0 Å². The van der Waals surface area contributed by atoms with Gasteiger partial charge in [0.2, 0.25) is 5.91 Å². The highest BCUT2D eigenvalue weighted by atomic mass is 16.6. The summed E-state index contributed by atoms with van der Waals surface area (Å²) < 4.78 is 0. The molecule has 0 saturated carbocycles. The fourth-order valence-electron chi connectivity index (χ4n) is 2.43. The molecule has 2 amide bonds. The number of nitro benzene ring substituents is 1. The van der Waals surface area contributed by atoms with Crippen molar-refractivity contribution in [3.05, 3.63) is 33.9 Å². The second kappa shape index (κ2) is 6.42. The Labute approximate surface area is 131 Å². The van der Waals surface area contributed by atoms with Crippen LogP contribution in [0.1, 0.15) is 23.7 Å². The van der Waals surface area contributed by atoms with E-state index in [-0.39, 0.29) is 36.7 Å². The summed E-state index contributed by atoms with van der Waals surface area (Å²) in [5.74, 6) is -2.05. The Hall–Kier alpha value is -2.97. The number of nitro groups is 1. The van der Waals surface area contributed by atoms with Crippen LogP contribution in [-0.2, 0) is 9.59 Å². The maximum absolute atomic E-state index is 12.6. The topological polar surface area (TPSA) is 121 Å². The second-order valence-electron chi connectivity index (χ2n) is 4.97. The third-order valence-corrected chi connectivity index (χ3v) is 3.54. The fourth-order valence-corrected chi connectivity index (χ4v) is 2.43. The third-order valence-electron chi connectivity index (χ3n) is 3.54. The van der Waals surface area contributed by atoms with Gasteiger partial charge in [-0.1, -0.05) is 0 Å². The van der Waals surface area contributed by atoms with Gasteiger partial charge >= 0.3 is 5.97 Å². The quantitative estimate of drug-likeness (QED) is 0.634. The van der Waals surface area contributed by atoms with E-state index in [4.69, 9.17) is 5.11 Å². The van der Waals surface area contributed by atoms with Gasteiger partial charge in [-0.2, -0.15) is 0 Å². The molecule has 1 N–H and O–H groups in total. The molecule has 0 fully saturated rings. The fraction of sp³-hybridized carbons (Fsp3) is 0.357. The summed E-state index contributed by atoms with van der Waals surface area (Å²) in [6, 6.07) is 3.72. The smallest absolute Gasteiger partial charge is 0.305 e. The average Bonchev–Trinajstić information content (AvgIpc) is 2.60. The number of carboxylic acids is 1. The molecule has 23 heavy (non-hydrogen) atoms. The molecule has 9 heteroatoms. The first-order chi connectivity index (χ1) is 10.8. The SMILES string of the molecule is CCN1C(=O)CN(CCC(=O)O)C(=O)c2cc([N+](=O)[O-])ccc21. The second-order valence-corrected chi connectivity index (χ2v) is 4.97. The maximum Gasteiger partial charge on any atom is 0.305 e. The third kappa shape index (κ3) is 3.28. The number of rotatable bonds is 5. The van der Waals surface area contributed by atoms with Crippen LogP contribution in [0.3, 0.4) is 0 Å². The Morgan fingerprint density at radius 3 is 2.65 bits per heavy atom. The van der Waals surface area contributed by atoms with E-state index in [0.717, 1.165) is 11.0 Å². The van der Waals surface area contributed by atoms with Crippen molar-refractivity contribution in [3.8, 4) is 0 Å². The van der Waals surface area contributed by atoms with Gasteiger partial charge in [0.1, 0.15) is 6.54 Å². The van der Waals surface area contributed by atoms with E-state index in [1.54, 1.807) is 6.92 Å². The molecule has 1 aromatic carbocycles. The van der Waals surface area contributed by atoms with Crippen molar-refractivity contribution in [3.63, 3.8) is 0 Å². The van der Waals surface area contributed by atoms with Crippen molar-refractivity contribution in [2.45, 2.75) is 13.3 Å². The highest BCUT2D eigenvalue weighted by Gasteiger charge is 2.32. The number of hydrogen-bond acceptors (Lipinski definition) is 5. The number of carbonyl (C=O) groups excluding carboxylic acids is 2. The summed E-state index contributed by atoms with van der Waals surface area (Å²) in [6.45, 7) is 1.62. The van der Waals surface area contributed by atoms with Gasteiger partial charge in [-0.15, -0.1) is 0 Å². The predicted octanol–water partition coefficient (Wildman–Crippen LogP) is 0.878. The average molecular weight is 321 g/mol. The lowest BCUT2D eigenvalue weighted by Crippen LogP contribution is -2.40. The zero-order valence-corrected chi connectivity index (χ0v) is 12.4. The van der Waals surface area contributed by atoms with E-state index in [1.807, 2.05) is 0 Å². The number of amides is 2. The van der Waals surface area contributed by atoms with E-state index >= 15 is 0 Å². The predicted molar refractivity (Wildman–Crippen MR) is 79.3 cm³/mol. The first-order valence-corrected chi connectivity index (χ1v) is 6.95. The van der Waals surface area contributed by atoms with E-state index in [1.165, 1.54) is 17.0 Å². The summed E-state index contributed by atoms with van der Waals surface area (Å²) >= 11 is 0. The van der Waals surface area contributed by atoms with Crippen LogP contribution in [0.2, 0.25) is 0 Å². The number of non-ortho nitro benzene ring substituents is 1. The highest BCUT2D eigenvalue weighted by Crippen LogP contribution is 2.29. The van der Waals surface area contributed by atoms with Crippen LogP contribution in [0, 0.1) is 10.1 Å². The number of anilines is 1. The minimum Gasteiger partial charge on any atom is -0.481 e. The standard InChI is InChI=1S/C14H15N3O6/c1-2-16-11-4-3-9(17(22)23)7-10(11)14(21)15(8-12(16)18)6-5-13(19)20/h3-4,7H,2,5-6,8H2,1H3,(H,19,20). The van der Waals surface area contributed by atoms with Crippen LogP contribution >= 0.6 is 0 Å². The monoisotopic (exact) mass is 321 g/mol. The molecule has 2 rings (SSSR count). The first kappa shape index (κ1) is 16.4. The molecular formula is C14H15N3O6. The zero-order valence-electron chi connectivity index (χ0n) is 12.4. The molecule has 1 heterocycles. The van der Waals surface area contributed by atoms with Crippen molar-refractivity contribution >= 4 is 29.2 Å². The minimum atomic E-state index is -1.10. The largest absolute Gasteiger partial charge is 0.481 e. The maximum atomic E-state index is 12.6. The summed E-state index contributed by atoms with van der Waals surface area (Å²) in [5, 5.41) is 19.7. The lowest BCUT2D eigenvalue weighted by molar-refractivity contribution is -0.384. The Kier molecular flexibility index (Phi) is 4.58. The number of benzene rings is 1. The number of likely N-dealkylation sites (N-methyl/N-ethyl adjacent to an activating group) is 1. The molecule has 0 aromatic heterocycles. The summed E-state index contributed by atoms with van der Waals surface area (Å²) in [4.78, 5) is 48.3. The van der Waals surface area contributed by atoms with Gasteiger partial charge in [0.15, 0.2) is 0 Å². The molecule has 1 aliphatic heterocycles. The number of fused-ring (bicyclic) bond motifs is 1. The number of aliphatic carboxylic acids is 1. The normalized spacial score (nSPS) is 14.5. The number of nitrogens with zero attached hydrogens (tertiary/aromatic N) is 3. The Balaban J connectivity index is 2.49. The van der Waals surface area contributed by atoms with E-state index in [0.29, 0.717) is 12.2 Å². The van der Waals surface area contributed by atoms with Crippen molar-refractivity contribution < 1.29 is 24.4 Å². The van der Waals surface area contributed by atoms with Crippen LogP contribution in [-0.4, -0.2) is 52.3 Å². The lowest BCUT2D eigenvalue weighted by Gasteiger charge is -2.20. The van der Waals surface area contributed by atoms with Crippen LogP contribution in [0.4, 0.5) is 11.4 Å². The van der Waals surface area contributed by atoms with E-state index < -0.39 is 16.8 Å².